The Morgan fingerprint density at radius 2 is 2.38 bits per heavy atom. The van der Waals surface area contributed by atoms with Crippen molar-refractivity contribution in [2.75, 3.05) is 0 Å². The van der Waals surface area contributed by atoms with Gasteiger partial charge in [0.1, 0.15) is 0 Å². The Morgan fingerprint density at radius 3 is 2.75 bits per heavy atom. The molecule has 1 radical (unpaired) electrons. The van der Waals surface area contributed by atoms with Gasteiger partial charge in [-0.25, -0.2) is 0 Å². The molecule has 47 valence electrons. The van der Waals surface area contributed by atoms with Gasteiger partial charge in [-0.1, -0.05) is 18.5 Å². The van der Waals surface area contributed by atoms with Crippen molar-refractivity contribution >= 4 is 5.71 Å². The van der Waals surface area contributed by atoms with Crippen LogP contribution in [0.15, 0.2) is 5.16 Å². The Hall–Kier alpha value is -0.530. The maximum atomic E-state index is 8.09. The van der Waals surface area contributed by atoms with E-state index < -0.39 is 0 Å². The minimum absolute atomic E-state index is 0.576. The van der Waals surface area contributed by atoms with Crippen LogP contribution in [0.2, 0.25) is 0 Å². The highest BCUT2D eigenvalue weighted by molar-refractivity contribution is 5.87. The maximum Gasteiger partial charge on any atom is 0.0574 e. The summed E-state index contributed by atoms with van der Waals surface area (Å²) < 4.78 is 0. The summed E-state index contributed by atoms with van der Waals surface area (Å²) in [6, 6.07) is 0. The Morgan fingerprint density at radius 1 is 1.75 bits per heavy atom. The van der Waals surface area contributed by atoms with Crippen LogP contribution < -0.4 is 0 Å². The van der Waals surface area contributed by atoms with E-state index >= 15 is 0 Å². The molecule has 0 saturated heterocycles. The van der Waals surface area contributed by atoms with E-state index in [4.69, 9.17) is 5.21 Å². The van der Waals surface area contributed by atoms with Crippen molar-refractivity contribution in [1.82, 2.24) is 0 Å². The van der Waals surface area contributed by atoms with Crippen molar-refractivity contribution in [1.29, 1.82) is 0 Å². The van der Waals surface area contributed by atoms with Gasteiger partial charge in [-0.15, -0.1) is 0 Å². The van der Waals surface area contributed by atoms with Crippen LogP contribution in [0.1, 0.15) is 26.2 Å². The van der Waals surface area contributed by atoms with E-state index in [0.29, 0.717) is 5.71 Å². The molecule has 0 fully saturated rings. The second-order valence-corrected chi connectivity index (χ2v) is 1.77. The van der Waals surface area contributed by atoms with Gasteiger partial charge in [-0.05, 0) is 19.8 Å². The van der Waals surface area contributed by atoms with Crippen LogP contribution in [0.5, 0.6) is 0 Å². The van der Waals surface area contributed by atoms with Gasteiger partial charge < -0.3 is 5.21 Å². The van der Waals surface area contributed by atoms with Crippen molar-refractivity contribution in [3.8, 4) is 0 Å². The molecule has 0 aromatic rings. The molecule has 0 aliphatic rings. The first-order chi connectivity index (χ1) is 3.81. The molecule has 2 heteroatoms. The Bertz CT molecular complexity index is 78.6. The molecule has 0 spiro atoms. The summed E-state index contributed by atoms with van der Waals surface area (Å²) in [4.78, 5) is 0. The molecule has 0 bridgehead atoms. The molecule has 0 unspecified atom stereocenters. The van der Waals surface area contributed by atoms with Crippen LogP contribution in [0.25, 0.3) is 0 Å². The highest BCUT2D eigenvalue weighted by Crippen LogP contribution is 1.94. The van der Waals surface area contributed by atoms with Gasteiger partial charge in [0.2, 0.25) is 0 Å². The summed E-state index contributed by atoms with van der Waals surface area (Å²) >= 11 is 0. The van der Waals surface area contributed by atoms with Crippen LogP contribution in [0, 0.1) is 6.92 Å². The maximum absolute atomic E-state index is 8.09. The predicted molar refractivity (Wildman–Crippen MR) is 34.1 cm³/mol. The number of unbranched alkanes of at least 4 members (excludes halogenated alkanes) is 1. The smallest absolute Gasteiger partial charge is 0.0574 e. The normalized spacial score (nSPS) is 12.0. The van der Waals surface area contributed by atoms with E-state index in [1.807, 2.05) is 0 Å². The standard InChI is InChI=1S/C6H12NO/c1-3-4-5-6(2)7-8/h8H,2-5H2,1H3/b7-6-. The molecule has 0 amide bonds. The highest BCUT2D eigenvalue weighted by atomic mass is 16.4. The summed E-state index contributed by atoms with van der Waals surface area (Å²) in [5, 5.41) is 11.0. The minimum Gasteiger partial charge on any atom is -0.411 e. The molecule has 0 aromatic heterocycles. The van der Waals surface area contributed by atoms with E-state index in [2.05, 4.69) is 19.0 Å². The molecule has 0 atom stereocenters. The van der Waals surface area contributed by atoms with Crippen molar-refractivity contribution in [3.63, 3.8) is 0 Å². The number of hydrogen-bond donors (Lipinski definition) is 1. The van der Waals surface area contributed by atoms with Gasteiger partial charge in [0, 0.05) is 0 Å². The molecular formula is C6H12NO. The first kappa shape index (κ1) is 7.47. The summed E-state index contributed by atoms with van der Waals surface area (Å²) in [6.07, 6.45) is 2.99. The van der Waals surface area contributed by atoms with E-state index in [-0.39, 0.29) is 0 Å². The zero-order valence-corrected chi connectivity index (χ0v) is 5.22. The van der Waals surface area contributed by atoms with Gasteiger partial charge in [-0.2, -0.15) is 0 Å². The molecule has 8 heavy (non-hydrogen) atoms. The summed E-state index contributed by atoms with van der Waals surface area (Å²) in [7, 11) is 0. The van der Waals surface area contributed by atoms with Crippen molar-refractivity contribution < 1.29 is 5.21 Å². The van der Waals surface area contributed by atoms with Crippen LogP contribution in [0.3, 0.4) is 0 Å². The molecule has 0 aliphatic carbocycles. The fraction of sp³-hybridized carbons (Fsp3) is 0.667. The third-order valence-electron chi connectivity index (χ3n) is 0.960. The predicted octanol–water partition coefficient (Wildman–Crippen LogP) is 1.84. The average Bonchev–Trinajstić information content (AvgIpc) is 1.83. The van der Waals surface area contributed by atoms with E-state index in [9.17, 15) is 0 Å². The fourth-order valence-electron chi connectivity index (χ4n) is 0.431. The van der Waals surface area contributed by atoms with Gasteiger partial charge >= 0.3 is 0 Å². The summed E-state index contributed by atoms with van der Waals surface area (Å²) in [5.74, 6) is 0. The highest BCUT2D eigenvalue weighted by Gasteiger charge is 1.87. The molecule has 1 N–H and O–H groups in total. The van der Waals surface area contributed by atoms with Crippen LogP contribution in [0.4, 0.5) is 0 Å². The van der Waals surface area contributed by atoms with Crippen LogP contribution in [-0.4, -0.2) is 10.9 Å². The van der Waals surface area contributed by atoms with Gasteiger partial charge in [0.05, 0.1) is 5.71 Å². The van der Waals surface area contributed by atoms with E-state index in [1.54, 1.807) is 0 Å². The van der Waals surface area contributed by atoms with E-state index in [0.717, 1.165) is 19.3 Å². The molecule has 0 saturated carbocycles. The van der Waals surface area contributed by atoms with Crippen LogP contribution >= 0.6 is 0 Å². The Kier molecular flexibility index (Phi) is 4.32. The largest absolute Gasteiger partial charge is 0.411 e. The number of rotatable bonds is 3. The molecule has 0 heterocycles. The topological polar surface area (TPSA) is 32.6 Å². The number of hydrogen-bond acceptors (Lipinski definition) is 2. The van der Waals surface area contributed by atoms with Crippen LogP contribution in [-0.2, 0) is 0 Å². The third kappa shape index (κ3) is 3.65. The molecule has 2 nitrogen and oxygen atoms in total. The second kappa shape index (κ2) is 4.62. The Balaban J connectivity index is 3.12. The second-order valence-electron chi connectivity index (χ2n) is 1.77. The quantitative estimate of drug-likeness (QED) is 0.339. The summed E-state index contributed by atoms with van der Waals surface area (Å²) in [5.41, 5.74) is 0.576. The minimum atomic E-state index is 0.576. The third-order valence-corrected chi connectivity index (χ3v) is 0.960. The van der Waals surface area contributed by atoms with Gasteiger partial charge in [0.15, 0.2) is 0 Å². The lowest BCUT2D eigenvalue weighted by atomic mass is 10.2. The molecule has 0 aromatic carbocycles. The molecule has 0 aliphatic heterocycles. The first-order valence-corrected chi connectivity index (χ1v) is 2.84. The summed E-state index contributed by atoms with van der Waals surface area (Å²) in [6.45, 7) is 5.58. The van der Waals surface area contributed by atoms with Gasteiger partial charge in [-0.3, -0.25) is 0 Å². The lowest BCUT2D eigenvalue weighted by Gasteiger charge is -1.91. The lowest BCUT2D eigenvalue weighted by Crippen LogP contribution is -1.89. The van der Waals surface area contributed by atoms with Crippen molar-refractivity contribution in [2.24, 2.45) is 5.16 Å². The number of nitrogens with zero attached hydrogens (tertiary/aromatic N) is 1. The van der Waals surface area contributed by atoms with Crippen molar-refractivity contribution in [3.05, 3.63) is 6.92 Å². The van der Waals surface area contributed by atoms with E-state index in [1.165, 1.54) is 0 Å². The first-order valence-electron chi connectivity index (χ1n) is 2.84. The SMILES string of the molecule is [CH2]/C(CCCC)=N/O. The molecular weight excluding hydrogens is 102 g/mol. The average molecular weight is 114 g/mol. The zero-order chi connectivity index (χ0) is 6.41. The lowest BCUT2D eigenvalue weighted by molar-refractivity contribution is 0.318. The fourth-order valence-corrected chi connectivity index (χ4v) is 0.431. The van der Waals surface area contributed by atoms with Gasteiger partial charge in [0.25, 0.3) is 0 Å². The van der Waals surface area contributed by atoms with Crippen molar-refractivity contribution in [2.45, 2.75) is 26.2 Å². The Labute approximate surface area is 50.2 Å². The monoisotopic (exact) mass is 114 g/mol. The number of oxime groups is 1. The zero-order valence-electron chi connectivity index (χ0n) is 5.22. The molecule has 0 rings (SSSR count).